The third kappa shape index (κ3) is 2.08. The van der Waals surface area contributed by atoms with Gasteiger partial charge >= 0.3 is 5.97 Å². The van der Waals surface area contributed by atoms with Crippen molar-refractivity contribution in [1.82, 2.24) is 0 Å². The molecule has 0 radical (unpaired) electrons. The smallest absolute Gasteiger partial charge is 0.336 e. The number of aromatic carboxylic acids is 1. The molecule has 5 heteroatoms. The van der Waals surface area contributed by atoms with E-state index < -0.39 is 11.8 Å². The molecular weight excluding hydrogens is 227 g/mol. The van der Waals surface area contributed by atoms with Crippen LogP contribution in [0.2, 0.25) is 0 Å². The Bertz CT molecular complexity index is 586. The minimum Gasteiger partial charge on any atom is -0.478 e. The summed E-state index contributed by atoms with van der Waals surface area (Å²) in [5.41, 5.74) is 0.0174. The highest BCUT2D eigenvalue weighted by Crippen LogP contribution is 2.26. The maximum Gasteiger partial charge on any atom is 0.336 e. The van der Waals surface area contributed by atoms with Crippen molar-refractivity contribution >= 4 is 12.3 Å². The number of carboxylic acid groups (broad SMARTS) is 1. The quantitative estimate of drug-likeness (QED) is 0.829. The van der Waals surface area contributed by atoms with Gasteiger partial charge in [0.1, 0.15) is 11.6 Å². The molecule has 86 valence electrons. The largest absolute Gasteiger partial charge is 0.478 e. The molecule has 1 N–H and O–H groups in total. The van der Waals surface area contributed by atoms with Gasteiger partial charge in [0.15, 0.2) is 12.0 Å². The van der Waals surface area contributed by atoms with E-state index in [1.165, 1.54) is 18.2 Å². The van der Waals surface area contributed by atoms with Gasteiger partial charge in [0, 0.05) is 5.56 Å². The highest BCUT2D eigenvalue weighted by Gasteiger charge is 2.15. The zero-order chi connectivity index (χ0) is 12.4. The molecule has 2 aromatic rings. The van der Waals surface area contributed by atoms with Gasteiger partial charge in [-0.1, -0.05) is 0 Å². The van der Waals surface area contributed by atoms with Crippen molar-refractivity contribution in [2.24, 2.45) is 0 Å². The average Bonchev–Trinajstić information content (AvgIpc) is 2.77. The van der Waals surface area contributed by atoms with Crippen LogP contribution in [-0.4, -0.2) is 17.4 Å². The number of halogens is 1. The Morgan fingerprint density at radius 1 is 1.29 bits per heavy atom. The van der Waals surface area contributed by atoms with E-state index in [0.29, 0.717) is 6.29 Å². The molecule has 1 heterocycles. The normalized spacial score (nSPS) is 10.2. The lowest BCUT2D eigenvalue weighted by molar-refractivity contribution is 0.0697. The maximum absolute atomic E-state index is 12.9. The van der Waals surface area contributed by atoms with Gasteiger partial charge in [-0.2, -0.15) is 0 Å². The second-order valence-electron chi connectivity index (χ2n) is 3.31. The first-order valence-electron chi connectivity index (χ1n) is 4.70. The average molecular weight is 234 g/mol. The molecule has 0 aliphatic carbocycles. The third-order valence-corrected chi connectivity index (χ3v) is 2.22. The molecule has 0 fully saturated rings. The molecule has 0 spiro atoms. The van der Waals surface area contributed by atoms with E-state index in [1.807, 2.05) is 0 Å². The summed E-state index contributed by atoms with van der Waals surface area (Å²) in [6, 6.07) is 6.21. The predicted octanol–water partition coefficient (Wildman–Crippen LogP) is 2.60. The molecule has 0 aliphatic heterocycles. The topological polar surface area (TPSA) is 67.5 Å². The summed E-state index contributed by atoms with van der Waals surface area (Å²) in [5, 5.41) is 8.94. The van der Waals surface area contributed by atoms with Crippen molar-refractivity contribution < 1.29 is 23.5 Å². The van der Waals surface area contributed by atoms with Gasteiger partial charge < -0.3 is 9.52 Å². The number of benzene rings is 1. The van der Waals surface area contributed by atoms with Gasteiger partial charge in [-0.25, -0.2) is 9.18 Å². The molecule has 0 unspecified atom stereocenters. The van der Waals surface area contributed by atoms with E-state index in [1.54, 1.807) is 0 Å². The molecule has 0 saturated heterocycles. The molecular formula is C12H7FO4. The lowest BCUT2D eigenvalue weighted by atomic mass is 10.1. The van der Waals surface area contributed by atoms with Crippen LogP contribution < -0.4 is 0 Å². The van der Waals surface area contributed by atoms with Crippen LogP contribution in [0.4, 0.5) is 4.39 Å². The third-order valence-electron chi connectivity index (χ3n) is 2.22. The Morgan fingerprint density at radius 2 is 2.06 bits per heavy atom. The van der Waals surface area contributed by atoms with Crippen LogP contribution in [-0.2, 0) is 0 Å². The molecule has 2 rings (SSSR count). The van der Waals surface area contributed by atoms with Gasteiger partial charge in [-0.3, -0.25) is 4.79 Å². The number of carbonyl (C=O) groups is 2. The first-order valence-corrected chi connectivity index (χ1v) is 4.70. The Labute approximate surface area is 95.3 Å². The summed E-state index contributed by atoms with van der Waals surface area (Å²) in [7, 11) is 0. The van der Waals surface area contributed by atoms with Crippen molar-refractivity contribution in [3.05, 3.63) is 47.5 Å². The van der Waals surface area contributed by atoms with Gasteiger partial charge in [-0.15, -0.1) is 0 Å². The fourth-order valence-electron chi connectivity index (χ4n) is 1.47. The SMILES string of the molecule is O=Cc1ccc(-c2ccc(F)cc2C(=O)O)o1. The maximum atomic E-state index is 12.9. The molecule has 0 atom stereocenters. The van der Waals surface area contributed by atoms with E-state index in [9.17, 15) is 14.0 Å². The van der Waals surface area contributed by atoms with Crippen molar-refractivity contribution in [3.8, 4) is 11.3 Å². The summed E-state index contributed by atoms with van der Waals surface area (Å²) in [6.07, 6.45) is 0.507. The van der Waals surface area contributed by atoms with Gasteiger partial charge in [-0.05, 0) is 30.3 Å². The first kappa shape index (κ1) is 11.1. The number of carboxylic acids is 1. The fourth-order valence-corrected chi connectivity index (χ4v) is 1.47. The summed E-state index contributed by atoms with van der Waals surface area (Å²) < 4.78 is 18.0. The summed E-state index contributed by atoms with van der Waals surface area (Å²) in [4.78, 5) is 21.4. The molecule has 4 nitrogen and oxygen atoms in total. The van der Waals surface area contributed by atoms with E-state index >= 15 is 0 Å². The molecule has 1 aromatic carbocycles. The number of hydrogen-bond donors (Lipinski definition) is 1. The van der Waals surface area contributed by atoms with Crippen LogP contribution in [0, 0.1) is 5.82 Å². The lowest BCUT2D eigenvalue weighted by Gasteiger charge is -2.02. The molecule has 17 heavy (non-hydrogen) atoms. The Hall–Kier alpha value is -2.43. The van der Waals surface area contributed by atoms with Gasteiger partial charge in [0.2, 0.25) is 0 Å². The van der Waals surface area contributed by atoms with Crippen molar-refractivity contribution in [2.45, 2.75) is 0 Å². The van der Waals surface area contributed by atoms with E-state index in [2.05, 4.69) is 0 Å². The van der Waals surface area contributed by atoms with E-state index in [-0.39, 0.29) is 22.6 Å². The molecule has 0 bridgehead atoms. The number of furan rings is 1. The minimum absolute atomic E-state index is 0.0839. The second kappa shape index (κ2) is 4.21. The summed E-state index contributed by atoms with van der Waals surface area (Å²) in [6.45, 7) is 0. The molecule has 0 aliphatic rings. The van der Waals surface area contributed by atoms with Gasteiger partial charge in [0.25, 0.3) is 0 Å². The van der Waals surface area contributed by atoms with Crippen molar-refractivity contribution in [2.75, 3.05) is 0 Å². The van der Waals surface area contributed by atoms with Crippen LogP contribution in [0.5, 0.6) is 0 Å². The van der Waals surface area contributed by atoms with Crippen molar-refractivity contribution in [1.29, 1.82) is 0 Å². The molecule has 1 aromatic heterocycles. The Balaban J connectivity index is 2.58. The van der Waals surface area contributed by atoms with Crippen molar-refractivity contribution in [3.63, 3.8) is 0 Å². The monoisotopic (exact) mass is 234 g/mol. The highest BCUT2D eigenvalue weighted by atomic mass is 19.1. The van der Waals surface area contributed by atoms with Crippen LogP contribution >= 0.6 is 0 Å². The van der Waals surface area contributed by atoms with Crippen LogP contribution in [0.1, 0.15) is 20.9 Å². The van der Waals surface area contributed by atoms with Crippen LogP contribution in [0.3, 0.4) is 0 Å². The first-order chi connectivity index (χ1) is 8.11. The minimum atomic E-state index is -1.26. The number of rotatable bonds is 3. The molecule has 0 amide bonds. The number of aldehydes is 1. The molecule has 0 saturated carbocycles. The number of carbonyl (C=O) groups excluding carboxylic acids is 1. The summed E-state index contributed by atoms with van der Waals surface area (Å²) in [5.74, 6) is -1.61. The standard InChI is InChI=1S/C12H7FO4/c13-7-1-3-9(10(5-7)12(15)16)11-4-2-8(6-14)17-11/h1-6H,(H,15,16). The van der Waals surface area contributed by atoms with E-state index in [4.69, 9.17) is 9.52 Å². The lowest BCUT2D eigenvalue weighted by Crippen LogP contribution is -1.99. The summed E-state index contributed by atoms with van der Waals surface area (Å²) >= 11 is 0. The Kier molecular flexibility index (Phi) is 2.74. The zero-order valence-corrected chi connectivity index (χ0v) is 8.51. The van der Waals surface area contributed by atoms with Gasteiger partial charge in [0.05, 0.1) is 5.56 Å². The van der Waals surface area contributed by atoms with E-state index in [0.717, 1.165) is 12.1 Å². The van der Waals surface area contributed by atoms with Crippen LogP contribution in [0.25, 0.3) is 11.3 Å². The zero-order valence-electron chi connectivity index (χ0n) is 8.51. The van der Waals surface area contributed by atoms with Crippen LogP contribution in [0.15, 0.2) is 34.7 Å². The Morgan fingerprint density at radius 3 is 2.65 bits per heavy atom. The number of hydrogen-bond acceptors (Lipinski definition) is 3. The fraction of sp³-hybridized carbons (Fsp3) is 0. The predicted molar refractivity (Wildman–Crippen MR) is 56.4 cm³/mol. The second-order valence-corrected chi connectivity index (χ2v) is 3.31. The highest BCUT2D eigenvalue weighted by molar-refractivity contribution is 5.95.